The molecular formula is C14H23BrFN3. The molecule has 0 bridgehead atoms. The molecule has 1 rings (SSSR count). The van der Waals surface area contributed by atoms with E-state index in [-0.39, 0.29) is 5.82 Å². The number of unbranched alkanes of at least 4 members (excludes halogenated alkanes) is 1. The van der Waals surface area contributed by atoms with Crippen molar-refractivity contribution >= 4 is 27.3 Å². The van der Waals surface area contributed by atoms with Gasteiger partial charge >= 0.3 is 0 Å². The predicted octanol–water partition coefficient (Wildman–Crippen LogP) is 3.70. The largest absolute Gasteiger partial charge is 0.397 e. The molecule has 0 aromatic heterocycles. The maximum absolute atomic E-state index is 13.2. The minimum absolute atomic E-state index is 0.332. The van der Waals surface area contributed by atoms with E-state index in [2.05, 4.69) is 47.0 Å². The Balaban J connectivity index is 2.32. The summed E-state index contributed by atoms with van der Waals surface area (Å²) < 4.78 is 13.6. The summed E-state index contributed by atoms with van der Waals surface area (Å²) >= 11 is 3.16. The van der Waals surface area contributed by atoms with Crippen molar-refractivity contribution < 1.29 is 4.39 Å². The molecule has 0 radical (unpaired) electrons. The van der Waals surface area contributed by atoms with Crippen molar-refractivity contribution in [2.75, 3.05) is 31.2 Å². The van der Waals surface area contributed by atoms with Gasteiger partial charge in [-0.15, -0.1) is 0 Å². The van der Waals surface area contributed by atoms with Crippen LogP contribution in [-0.2, 0) is 0 Å². The van der Waals surface area contributed by atoms with Crippen LogP contribution in [0, 0.1) is 5.82 Å². The van der Waals surface area contributed by atoms with Gasteiger partial charge in [0.15, 0.2) is 0 Å². The highest BCUT2D eigenvalue weighted by Gasteiger charge is 2.06. The fraction of sp³-hybridized carbons (Fsp3) is 0.571. The first-order chi connectivity index (χ1) is 8.91. The van der Waals surface area contributed by atoms with Gasteiger partial charge in [0.25, 0.3) is 0 Å². The maximum atomic E-state index is 13.2. The molecule has 0 unspecified atom stereocenters. The summed E-state index contributed by atoms with van der Waals surface area (Å²) in [5, 5.41) is 3.24. The van der Waals surface area contributed by atoms with Gasteiger partial charge in [0.05, 0.1) is 15.8 Å². The van der Waals surface area contributed by atoms with Gasteiger partial charge in [-0.3, -0.25) is 0 Å². The zero-order valence-electron chi connectivity index (χ0n) is 11.8. The van der Waals surface area contributed by atoms with Gasteiger partial charge in [-0.1, -0.05) is 0 Å². The fourth-order valence-electron chi connectivity index (χ4n) is 1.68. The molecule has 1 aromatic carbocycles. The number of nitrogen functional groups attached to an aromatic ring is 1. The third-order valence-corrected chi connectivity index (χ3v) is 3.83. The van der Waals surface area contributed by atoms with Crippen LogP contribution in [0.3, 0.4) is 0 Å². The van der Waals surface area contributed by atoms with Crippen LogP contribution in [0.4, 0.5) is 15.8 Å². The molecule has 0 fully saturated rings. The van der Waals surface area contributed by atoms with E-state index < -0.39 is 0 Å². The van der Waals surface area contributed by atoms with Gasteiger partial charge < -0.3 is 16.0 Å². The molecule has 0 amide bonds. The number of nitrogens with one attached hydrogen (secondary N) is 1. The lowest BCUT2D eigenvalue weighted by atomic mass is 10.2. The number of anilines is 2. The highest BCUT2D eigenvalue weighted by Crippen LogP contribution is 2.26. The Morgan fingerprint density at radius 1 is 1.37 bits per heavy atom. The van der Waals surface area contributed by atoms with Crippen LogP contribution < -0.4 is 11.1 Å². The SMILES string of the molecule is CC(C)N(C)CCCCNc1cc(Br)c(F)cc1N. The van der Waals surface area contributed by atoms with Crippen molar-refractivity contribution in [3.05, 3.63) is 22.4 Å². The van der Waals surface area contributed by atoms with Gasteiger partial charge in [0, 0.05) is 18.7 Å². The third-order valence-electron chi connectivity index (χ3n) is 3.23. The first kappa shape index (κ1) is 16.2. The van der Waals surface area contributed by atoms with E-state index in [0.29, 0.717) is 16.2 Å². The van der Waals surface area contributed by atoms with E-state index in [9.17, 15) is 4.39 Å². The molecule has 3 nitrogen and oxygen atoms in total. The van der Waals surface area contributed by atoms with Crippen LogP contribution in [-0.4, -0.2) is 31.1 Å². The van der Waals surface area contributed by atoms with Gasteiger partial charge in [0.2, 0.25) is 0 Å². The van der Waals surface area contributed by atoms with E-state index in [1.165, 1.54) is 6.07 Å². The van der Waals surface area contributed by atoms with Crippen LogP contribution >= 0.6 is 15.9 Å². The second-order valence-corrected chi connectivity index (χ2v) is 5.92. The molecule has 19 heavy (non-hydrogen) atoms. The topological polar surface area (TPSA) is 41.3 Å². The number of hydrogen-bond acceptors (Lipinski definition) is 3. The summed E-state index contributed by atoms with van der Waals surface area (Å²) in [6.45, 7) is 6.31. The van der Waals surface area contributed by atoms with Crippen molar-refractivity contribution in [2.45, 2.75) is 32.7 Å². The molecule has 0 aliphatic rings. The molecule has 0 heterocycles. The molecule has 0 aliphatic carbocycles. The van der Waals surface area contributed by atoms with Crippen LogP contribution in [0.25, 0.3) is 0 Å². The number of nitrogens with zero attached hydrogens (tertiary/aromatic N) is 1. The van der Waals surface area contributed by atoms with E-state index in [0.717, 1.165) is 31.6 Å². The second-order valence-electron chi connectivity index (χ2n) is 5.06. The molecule has 0 aliphatic heterocycles. The highest BCUT2D eigenvalue weighted by atomic mass is 79.9. The molecule has 1 aromatic rings. The Morgan fingerprint density at radius 2 is 2.05 bits per heavy atom. The van der Waals surface area contributed by atoms with E-state index >= 15 is 0 Å². The standard InChI is InChI=1S/C14H23BrFN3/c1-10(2)19(3)7-5-4-6-18-14-8-11(15)12(16)9-13(14)17/h8-10,18H,4-7,17H2,1-3H3. The fourth-order valence-corrected chi connectivity index (χ4v) is 2.03. The quantitative estimate of drug-likeness (QED) is 0.591. The van der Waals surface area contributed by atoms with Crippen LogP contribution in [0.15, 0.2) is 16.6 Å². The zero-order valence-corrected chi connectivity index (χ0v) is 13.4. The predicted molar refractivity (Wildman–Crippen MR) is 84.0 cm³/mol. The molecule has 0 spiro atoms. The van der Waals surface area contributed by atoms with Gasteiger partial charge in [-0.05, 0) is 62.3 Å². The molecule has 0 saturated heterocycles. The lowest BCUT2D eigenvalue weighted by Gasteiger charge is -2.20. The Hall–Kier alpha value is -0.810. The Morgan fingerprint density at radius 3 is 2.68 bits per heavy atom. The minimum atomic E-state index is -0.332. The molecule has 5 heteroatoms. The average Bonchev–Trinajstić information content (AvgIpc) is 2.34. The molecule has 3 N–H and O–H groups in total. The van der Waals surface area contributed by atoms with Crippen molar-refractivity contribution in [1.82, 2.24) is 4.90 Å². The van der Waals surface area contributed by atoms with E-state index in [1.54, 1.807) is 6.07 Å². The third kappa shape index (κ3) is 5.37. The molecule has 0 saturated carbocycles. The van der Waals surface area contributed by atoms with E-state index in [4.69, 9.17) is 5.73 Å². The van der Waals surface area contributed by atoms with Crippen molar-refractivity contribution in [1.29, 1.82) is 0 Å². The van der Waals surface area contributed by atoms with Gasteiger partial charge in [-0.25, -0.2) is 4.39 Å². The van der Waals surface area contributed by atoms with Gasteiger partial charge in [-0.2, -0.15) is 0 Å². The lowest BCUT2D eigenvalue weighted by Crippen LogP contribution is -2.27. The summed E-state index contributed by atoms with van der Waals surface area (Å²) in [6.07, 6.45) is 2.19. The lowest BCUT2D eigenvalue weighted by molar-refractivity contribution is 0.269. The summed E-state index contributed by atoms with van der Waals surface area (Å²) in [7, 11) is 2.13. The van der Waals surface area contributed by atoms with Crippen molar-refractivity contribution in [3.8, 4) is 0 Å². The summed E-state index contributed by atoms with van der Waals surface area (Å²) in [5.41, 5.74) is 6.99. The van der Waals surface area contributed by atoms with Crippen molar-refractivity contribution in [2.24, 2.45) is 0 Å². The van der Waals surface area contributed by atoms with Crippen molar-refractivity contribution in [3.63, 3.8) is 0 Å². The minimum Gasteiger partial charge on any atom is -0.397 e. The second kappa shape index (κ2) is 7.70. The Labute approximate surface area is 123 Å². The van der Waals surface area contributed by atoms with Crippen LogP contribution in [0.2, 0.25) is 0 Å². The van der Waals surface area contributed by atoms with Crippen LogP contribution in [0.5, 0.6) is 0 Å². The smallest absolute Gasteiger partial charge is 0.139 e. The number of hydrogen-bond donors (Lipinski definition) is 2. The van der Waals surface area contributed by atoms with Crippen LogP contribution in [0.1, 0.15) is 26.7 Å². The summed E-state index contributed by atoms with van der Waals surface area (Å²) in [4.78, 5) is 2.32. The maximum Gasteiger partial charge on any atom is 0.139 e. The van der Waals surface area contributed by atoms with E-state index in [1.807, 2.05) is 0 Å². The molecule has 108 valence electrons. The molecule has 0 atom stereocenters. The highest BCUT2D eigenvalue weighted by molar-refractivity contribution is 9.10. The number of halogens is 2. The van der Waals surface area contributed by atoms with Gasteiger partial charge in [0.1, 0.15) is 5.82 Å². The Kier molecular flexibility index (Phi) is 6.58. The monoisotopic (exact) mass is 331 g/mol. The summed E-state index contributed by atoms with van der Waals surface area (Å²) in [6, 6.07) is 3.60. The number of benzene rings is 1. The summed E-state index contributed by atoms with van der Waals surface area (Å²) in [5.74, 6) is -0.332. The average molecular weight is 332 g/mol. The normalized spacial score (nSPS) is 11.3. The zero-order chi connectivity index (χ0) is 14.4. The Bertz CT molecular complexity index is 410. The molecular weight excluding hydrogens is 309 g/mol. The number of rotatable bonds is 7. The first-order valence-electron chi connectivity index (χ1n) is 6.60. The first-order valence-corrected chi connectivity index (χ1v) is 7.39. The number of nitrogens with two attached hydrogens (primary N) is 1.